The highest BCUT2D eigenvalue weighted by atomic mass is 19.1. The lowest BCUT2D eigenvalue weighted by atomic mass is 10.1. The predicted molar refractivity (Wildman–Crippen MR) is 97.8 cm³/mol. The first-order chi connectivity index (χ1) is 12.6. The second kappa shape index (κ2) is 8.19. The van der Waals surface area contributed by atoms with E-state index in [4.69, 9.17) is 4.74 Å². The van der Waals surface area contributed by atoms with Crippen molar-refractivity contribution in [1.29, 1.82) is 0 Å². The SMILES string of the molecule is COc1ccc([C@H](O)C(=O)N2CCCN(c3ccc(F)cc3)CC2)cc1. The number of rotatable bonds is 4. The summed E-state index contributed by atoms with van der Waals surface area (Å²) in [7, 11) is 1.57. The third-order valence-corrected chi connectivity index (χ3v) is 4.66. The van der Waals surface area contributed by atoms with Gasteiger partial charge in [0.05, 0.1) is 7.11 Å². The number of ether oxygens (including phenoxy) is 1. The van der Waals surface area contributed by atoms with Gasteiger partial charge in [-0.3, -0.25) is 4.79 Å². The van der Waals surface area contributed by atoms with Crippen LogP contribution in [0, 0.1) is 5.82 Å². The van der Waals surface area contributed by atoms with Gasteiger partial charge in [-0.2, -0.15) is 0 Å². The smallest absolute Gasteiger partial charge is 0.256 e. The molecule has 1 amide bonds. The van der Waals surface area contributed by atoms with E-state index >= 15 is 0 Å². The summed E-state index contributed by atoms with van der Waals surface area (Å²) in [6.07, 6.45) is -0.392. The van der Waals surface area contributed by atoms with Crippen LogP contribution in [-0.4, -0.2) is 49.2 Å². The van der Waals surface area contributed by atoms with Crippen LogP contribution in [0.2, 0.25) is 0 Å². The first-order valence-corrected chi connectivity index (χ1v) is 8.70. The minimum Gasteiger partial charge on any atom is -0.497 e. The molecule has 2 aromatic carbocycles. The largest absolute Gasteiger partial charge is 0.497 e. The van der Waals surface area contributed by atoms with E-state index in [0.29, 0.717) is 30.9 Å². The fourth-order valence-electron chi connectivity index (χ4n) is 3.15. The Hall–Kier alpha value is -2.60. The molecule has 0 aromatic heterocycles. The molecule has 26 heavy (non-hydrogen) atoms. The topological polar surface area (TPSA) is 53.0 Å². The Morgan fingerprint density at radius 2 is 1.73 bits per heavy atom. The molecule has 2 aromatic rings. The molecule has 0 unspecified atom stereocenters. The Kier molecular flexibility index (Phi) is 5.73. The van der Waals surface area contributed by atoms with E-state index in [-0.39, 0.29) is 11.7 Å². The van der Waals surface area contributed by atoms with Crippen LogP contribution in [-0.2, 0) is 4.79 Å². The Morgan fingerprint density at radius 1 is 1.04 bits per heavy atom. The summed E-state index contributed by atoms with van der Waals surface area (Å²) < 4.78 is 18.2. The molecule has 138 valence electrons. The van der Waals surface area contributed by atoms with Crippen LogP contribution in [0.25, 0.3) is 0 Å². The Labute approximate surface area is 152 Å². The number of aliphatic hydroxyl groups excluding tert-OH is 1. The first-order valence-electron chi connectivity index (χ1n) is 8.70. The lowest BCUT2D eigenvalue weighted by Crippen LogP contribution is -2.38. The number of carbonyl (C=O) groups is 1. The van der Waals surface area contributed by atoms with Crippen molar-refractivity contribution in [3.8, 4) is 5.75 Å². The molecule has 3 rings (SSSR count). The molecule has 5 nitrogen and oxygen atoms in total. The van der Waals surface area contributed by atoms with Gasteiger partial charge in [0.1, 0.15) is 11.6 Å². The molecular formula is C20H23FN2O3. The molecule has 1 N–H and O–H groups in total. The van der Waals surface area contributed by atoms with E-state index in [2.05, 4.69) is 4.90 Å². The van der Waals surface area contributed by atoms with E-state index in [9.17, 15) is 14.3 Å². The highest BCUT2D eigenvalue weighted by Crippen LogP contribution is 2.22. The van der Waals surface area contributed by atoms with E-state index in [0.717, 1.165) is 18.7 Å². The van der Waals surface area contributed by atoms with Crippen molar-refractivity contribution >= 4 is 11.6 Å². The molecule has 1 heterocycles. The lowest BCUT2D eigenvalue weighted by Gasteiger charge is -2.25. The molecule has 1 aliphatic rings. The Balaban J connectivity index is 1.63. The van der Waals surface area contributed by atoms with Gasteiger partial charge >= 0.3 is 0 Å². The molecule has 6 heteroatoms. The number of hydrogen-bond donors (Lipinski definition) is 1. The highest BCUT2D eigenvalue weighted by molar-refractivity contribution is 5.82. The molecule has 1 atom stereocenters. The van der Waals surface area contributed by atoms with Gasteiger partial charge < -0.3 is 19.6 Å². The fraction of sp³-hybridized carbons (Fsp3) is 0.350. The minimum atomic E-state index is -1.18. The van der Waals surface area contributed by atoms with Gasteiger partial charge in [0, 0.05) is 31.9 Å². The van der Waals surface area contributed by atoms with Gasteiger partial charge in [-0.25, -0.2) is 4.39 Å². The number of halogens is 1. The first kappa shape index (κ1) is 18.2. The van der Waals surface area contributed by atoms with E-state index < -0.39 is 6.10 Å². The molecule has 0 spiro atoms. The molecule has 0 bridgehead atoms. The fourth-order valence-corrected chi connectivity index (χ4v) is 3.15. The number of benzene rings is 2. The number of anilines is 1. The van der Waals surface area contributed by atoms with Crippen LogP contribution >= 0.6 is 0 Å². The van der Waals surface area contributed by atoms with E-state index in [1.165, 1.54) is 12.1 Å². The Bertz CT molecular complexity index is 734. The van der Waals surface area contributed by atoms with Crippen LogP contribution in [0.5, 0.6) is 5.75 Å². The zero-order valence-corrected chi connectivity index (χ0v) is 14.8. The summed E-state index contributed by atoms with van der Waals surface area (Å²) in [6, 6.07) is 13.2. The molecule has 1 fully saturated rings. The highest BCUT2D eigenvalue weighted by Gasteiger charge is 2.26. The van der Waals surface area contributed by atoms with E-state index in [1.807, 2.05) is 0 Å². The van der Waals surface area contributed by atoms with Crippen molar-refractivity contribution in [3.05, 3.63) is 59.9 Å². The zero-order valence-electron chi connectivity index (χ0n) is 14.8. The molecular weight excluding hydrogens is 335 g/mol. The monoisotopic (exact) mass is 358 g/mol. The van der Waals surface area contributed by atoms with Gasteiger partial charge in [0.25, 0.3) is 5.91 Å². The van der Waals surface area contributed by atoms with Crippen molar-refractivity contribution in [2.24, 2.45) is 0 Å². The predicted octanol–water partition coefficient (Wildman–Crippen LogP) is 2.61. The Morgan fingerprint density at radius 3 is 2.38 bits per heavy atom. The lowest BCUT2D eigenvalue weighted by molar-refractivity contribution is -0.140. The summed E-state index contributed by atoms with van der Waals surface area (Å²) in [5.41, 5.74) is 1.49. The molecule has 1 aliphatic heterocycles. The van der Waals surface area contributed by atoms with Crippen molar-refractivity contribution in [1.82, 2.24) is 4.90 Å². The van der Waals surface area contributed by atoms with Crippen LogP contribution in [0.4, 0.5) is 10.1 Å². The van der Waals surface area contributed by atoms with Crippen LogP contribution in [0.3, 0.4) is 0 Å². The number of aliphatic hydroxyl groups is 1. The molecule has 1 saturated heterocycles. The third kappa shape index (κ3) is 4.14. The summed E-state index contributed by atoms with van der Waals surface area (Å²) in [4.78, 5) is 16.5. The van der Waals surface area contributed by atoms with Crippen LogP contribution < -0.4 is 9.64 Å². The van der Waals surface area contributed by atoms with Gasteiger partial charge in [0.2, 0.25) is 0 Å². The maximum Gasteiger partial charge on any atom is 0.256 e. The maximum atomic E-state index is 13.1. The number of methoxy groups -OCH3 is 1. The minimum absolute atomic E-state index is 0.261. The second-order valence-electron chi connectivity index (χ2n) is 6.32. The van der Waals surface area contributed by atoms with Gasteiger partial charge in [-0.1, -0.05) is 12.1 Å². The number of amides is 1. The summed E-state index contributed by atoms with van der Waals surface area (Å²) in [5.74, 6) is 0.122. The molecule has 0 saturated carbocycles. The average Bonchev–Trinajstić information content (AvgIpc) is 2.94. The van der Waals surface area contributed by atoms with Gasteiger partial charge in [-0.15, -0.1) is 0 Å². The zero-order chi connectivity index (χ0) is 18.5. The quantitative estimate of drug-likeness (QED) is 0.913. The summed E-state index contributed by atoms with van der Waals surface area (Å²) in [5, 5.41) is 10.4. The van der Waals surface area contributed by atoms with Crippen molar-refractivity contribution < 1.29 is 19.0 Å². The second-order valence-corrected chi connectivity index (χ2v) is 6.32. The summed E-state index contributed by atoms with van der Waals surface area (Å²) in [6.45, 7) is 2.54. The van der Waals surface area contributed by atoms with Crippen molar-refractivity contribution in [2.75, 3.05) is 38.2 Å². The van der Waals surface area contributed by atoms with E-state index in [1.54, 1.807) is 48.4 Å². The van der Waals surface area contributed by atoms with Crippen LogP contribution in [0.1, 0.15) is 18.1 Å². The van der Waals surface area contributed by atoms with Gasteiger partial charge in [-0.05, 0) is 48.4 Å². The van der Waals surface area contributed by atoms with Gasteiger partial charge in [0.15, 0.2) is 6.10 Å². The number of carbonyl (C=O) groups excluding carboxylic acids is 1. The standard InChI is InChI=1S/C20H23FN2O3/c1-26-18-9-3-15(4-10-18)19(24)20(25)23-12-2-11-22(13-14-23)17-7-5-16(21)6-8-17/h3-10,19,24H,2,11-14H2,1H3/t19-/m0/s1. The normalized spacial score (nSPS) is 16.1. The summed E-state index contributed by atoms with van der Waals surface area (Å²) >= 11 is 0. The number of hydrogen-bond acceptors (Lipinski definition) is 4. The number of nitrogens with zero attached hydrogens (tertiary/aromatic N) is 2. The maximum absolute atomic E-state index is 13.1. The van der Waals surface area contributed by atoms with Crippen molar-refractivity contribution in [2.45, 2.75) is 12.5 Å². The molecule has 0 radical (unpaired) electrons. The third-order valence-electron chi connectivity index (χ3n) is 4.66. The van der Waals surface area contributed by atoms with Crippen LogP contribution in [0.15, 0.2) is 48.5 Å². The average molecular weight is 358 g/mol. The van der Waals surface area contributed by atoms with Crippen molar-refractivity contribution in [3.63, 3.8) is 0 Å². The molecule has 0 aliphatic carbocycles.